The number of thiazole rings is 1. The second kappa shape index (κ2) is 3.44. The van der Waals surface area contributed by atoms with E-state index >= 15 is 0 Å². The normalized spacial score (nSPS) is 9.50. The molecule has 0 aromatic carbocycles. The fourth-order valence-electron chi connectivity index (χ4n) is 0.817. The Labute approximate surface area is 73.8 Å². The van der Waals surface area contributed by atoms with Crippen molar-refractivity contribution in [3.63, 3.8) is 0 Å². The standard InChI is InChI=1S/C7H8N2O2S/c1-5(10)9(6(2)11)7-8-3-4-12-7/h3-4H,1-2H3. The summed E-state index contributed by atoms with van der Waals surface area (Å²) in [4.78, 5) is 26.8. The molecule has 0 spiro atoms. The Morgan fingerprint density at radius 1 is 1.42 bits per heavy atom. The number of carbonyl (C=O) groups is 2. The van der Waals surface area contributed by atoms with Gasteiger partial charge in [-0.05, 0) is 0 Å². The van der Waals surface area contributed by atoms with Gasteiger partial charge in [0, 0.05) is 25.4 Å². The van der Waals surface area contributed by atoms with E-state index < -0.39 is 0 Å². The van der Waals surface area contributed by atoms with Crippen LogP contribution in [0.1, 0.15) is 13.8 Å². The second-order valence-corrected chi connectivity index (χ2v) is 3.06. The molecule has 12 heavy (non-hydrogen) atoms. The van der Waals surface area contributed by atoms with Crippen LogP contribution in [0.2, 0.25) is 0 Å². The van der Waals surface area contributed by atoms with Crippen LogP contribution in [-0.4, -0.2) is 16.8 Å². The number of rotatable bonds is 1. The number of aromatic nitrogens is 1. The third kappa shape index (κ3) is 1.68. The molecular formula is C7H8N2O2S. The van der Waals surface area contributed by atoms with Crippen molar-refractivity contribution in [1.29, 1.82) is 0 Å². The molecule has 0 aliphatic carbocycles. The summed E-state index contributed by atoms with van der Waals surface area (Å²) in [5, 5.41) is 2.14. The molecule has 0 unspecified atom stereocenters. The van der Waals surface area contributed by atoms with Gasteiger partial charge < -0.3 is 0 Å². The van der Waals surface area contributed by atoms with Crippen molar-refractivity contribution in [2.45, 2.75) is 13.8 Å². The Morgan fingerprint density at radius 3 is 2.33 bits per heavy atom. The molecule has 0 saturated heterocycles. The molecule has 0 N–H and O–H groups in total. The van der Waals surface area contributed by atoms with Gasteiger partial charge in [0.1, 0.15) is 0 Å². The average Bonchev–Trinajstić information content (AvgIpc) is 2.37. The van der Waals surface area contributed by atoms with Crippen molar-refractivity contribution >= 4 is 28.3 Å². The Balaban J connectivity index is 2.96. The number of imide groups is 1. The van der Waals surface area contributed by atoms with Crippen LogP contribution in [-0.2, 0) is 9.59 Å². The Kier molecular flexibility index (Phi) is 2.54. The fraction of sp³-hybridized carbons (Fsp3) is 0.286. The number of anilines is 1. The first-order valence-corrected chi connectivity index (χ1v) is 4.21. The number of carbonyl (C=O) groups excluding carboxylic acids is 2. The predicted molar refractivity (Wildman–Crippen MR) is 46.0 cm³/mol. The molecule has 0 radical (unpaired) electrons. The van der Waals surface area contributed by atoms with Crippen LogP contribution in [0.4, 0.5) is 5.13 Å². The van der Waals surface area contributed by atoms with Crippen molar-refractivity contribution in [1.82, 2.24) is 4.98 Å². The molecular weight excluding hydrogens is 176 g/mol. The summed E-state index contributed by atoms with van der Waals surface area (Å²) in [7, 11) is 0. The molecule has 0 bridgehead atoms. The van der Waals surface area contributed by atoms with Crippen molar-refractivity contribution in [3.8, 4) is 0 Å². The molecule has 0 aliphatic heterocycles. The zero-order valence-electron chi connectivity index (χ0n) is 6.77. The average molecular weight is 184 g/mol. The van der Waals surface area contributed by atoms with Gasteiger partial charge in [-0.2, -0.15) is 0 Å². The van der Waals surface area contributed by atoms with Gasteiger partial charge >= 0.3 is 0 Å². The second-order valence-electron chi connectivity index (χ2n) is 2.19. The van der Waals surface area contributed by atoms with Gasteiger partial charge in [0.25, 0.3) is 0 Å². The molecule has 5 heteroatoms. The number of nitrogens with zero attached hydrogens (tertiary/aromatic N) is 2. The first-order chi connectivity index (χ1) is 5.63. The lowest BCUT2D eigenvalue weighted by Gasteiger charge is -2.12. The van der Waals surface area contributed by atoms with Crippen LogP contribution in [0.5, 0.6) is 0 Å². The van der Waals surface area contributed by atoms with Crippen LogP contribution < -0.4 is 4.90 Å². The molecule has 0 fully saturated rings. The summed E-state index contributed by atoms with van der Waals surface area (Å²) in [6.07, 6.45) is 1.55. The van der Waals surface area contributed by atoms with Crippen molar-refractivity contribution in [2.24, 2.45) is 0 Å². The Hall–Kier alpha value is -1.23. The zero-order chi connectivity index (χ0) is 9.14. The molecule has 0 saturated carbocycles. The van der Waals surface area contributed by atoms with Gasteiger partial charge in [0.2, 0.25) is 11.8 Å². The quantitative estimate of drug-likeness (QED) is 0.655. The van der Waals surface area contributed by atoms with Crippen molar-refractivity contribution in [2.75, 3.05) is 4.90 Å². The van der Waals surface area contributed by atoms with Crippen LogP contribution in [0, 0.1) is 0 Å². The SMILES string of the molecule is CC(=O)N(C(C)=O)c1nccs1. The largest absolute Gasteiger partial charge is 0.274 e. The van der Waals surface area contributed by atoms with E-state index in [0.717, 1.165) is 4.90 Å². The maximum atomic E-state index is 11.0. The molecule has 1 heterocycles. The molecule has 64 valence electrons. The minimum atomic E-state index is -0.308. The highest BCUT2D eigenvalue weighted by Crippen LogP contribution is 2.17. The van der Waals surface area contributed by atoms with Crippen molar-refractivity contribution in [3.05, 3.63) is 11.6 Å². The molecule has 0 atom stereocenters. The lowest BCUT2D eigenvalue weighted by Crippen LogP contribution is -2.32. The number of hydrogen-bond donors (Lipinski definition) is 0. The number of amides is 2. The predicted octanol–water partition coefficient (Wildman–Crippen LogP) is 1.04. The minimum Gasteiger partial charge on any atom is -0.274 e. The minimum absolute atomic E-state index is 0.308. The summed E-state index contributed by atoms with van der Waals surface area (Å²) in [5.41, 5.74) is 0. The maximum Gasteiger partial charge on any atom is 0.232 e. The molecule has 4 nitrogen and oxygen atoms in total. The lowest BCUT2D eigenvalue weighted by atomic mass is 10.5. The van der Waals surface area contributed by atoms with E-state index in [9.17, 15) is 9.59 Å². The summed E-state index contributed by atoms with van der Waals surface area (Å²) >= 11 is 1.26. The van der Waals surface area contributed by atoms with Gasteiger partial charge in [0.05, 0.1) is 0 Å². The van der Waals surface area contributed by atoms with E-state index in [1.807, 2.05) is 0 Å². The maximum absolute atomic E-state index is 11.0. The van der Waals surface area contributed by atoms with Gasteiger partial charge in [-0.15, -0.1) is 11.3 Å². The van der Waals surface area contributed by atoms with Crippen LogP contribution in [0.25, 0.3) is 0 Å². The van der Waals surface area contributed by atoms with E-state index in [1.54, 1.807) is 11.6 Å². The zero-order valence-corrected chi connectivity index (χ0v) is 7.59. The molecule has 0 aliphatic rings. The summed E-state index contributed by atoms with van der Waals surface area (Å²) in [6.45, 7) is 2.67. The lowest BCUT2D eigenvalue weighted by molar-refractivity contribution is -0.124. The topological polar surface area (TPSA) is 50.3 Å². The Morgan fingerprint density at radius 2 is 2.00 bits per heavy atom. The highest BCUT2D eigenvalue weighted by Gasteiger charge is 2.17. The van der Waals surface area contributed by atoms with Gasteiger partial charge in [-0.3, -0.25) is 9.59 Å². The summed E-state index contributed by atoms with van der Waals surface area (Å²) in [6, 6.07) is 0. The third-order valence-electron chi connectivity index (χ3n) is 1.24. The highest BCUT2D eigenvalue weighted by molar-refractivity contribution is 7.14. The summed E-state index contributed by atoms with van der Waals surface area (Å²) < 4.78 is 0. The van der Waals surface area contributed by atoms with Gasteiger partial charge in [-0.25, -0.2) is 9.88 Å². The molecule has 2 amide bonds. The molecule has 1 aromatic heterocycles. The van der Waals surface area contributed by atoms with Crippen LogP contribution in [0.3, 0.4) is 0 Å². The van der Waals surface area contributed by atoms with Crippen molar-refractivity contribution < 1.29 is 9.59 Å². The number of hydrogen-bond acceptors (Lipinski definition) is 4. The molecule has 1 rings (SSSR count). The van der Waals surface area contributed by atoms with Gasteiger partial charge in [-0.1, -0.05) is 0 Å². The van der Waals surface area contributed by atoms with E-state index in [1.165, 1.54) is 25.2 Å². The van der Waals surface area contributed by atoms with Crippen LogP contribution in [0.15, 0.2) is 11.6 Å². The van der Waals surface area contributed by atoms with Crippen LogP contribution >= 0.6 is 11.3 Å². The Bertz CT molecular complexity index is 280. The first-order valence-electron chi connectivity index (χ1n) is 3.33. The van der Waals surface area contributed by atoms with E-state index in [2.05, 4.69) is 4.98 Å². The smallest absolute Gasteiger partial charge is 0.232 e. The highest BCUT2D eigenvalue weighted by atomic mass is 32.1. The first kappa shape index (κ1) is 8.86. The summed E-state index contributed by atoms with van der Waals surface area (Å²) in [5.74, 6) is -0.616. The monoisotopic (exact) mass is 184 g/mol. The third-order valence-corrected chi connectivity index (χ3v) is 2.00. The van der Waals surface area contributed by atoms with E-state index in [4.69, 9.17) is 0 Å². The van der Waals surface area contributed by atoms with E-state index in [-0.39, 0.29) is 11.8 Å². The van der Waals surface area contributed by atoms with E-state index in [0.29, 0.717) is 5.13 Å². The van der Waals surface area contributed by atoms with Gasteiger partial charge in [0.15, 0.2) is 5.13 Å². The fourth-order valence-corrected chi connectivity index (χ4v) is 1.55. The molecule has 1 aromatic rings.